The highest BCUT2D eigenvalue weighted by Gasteiger charge is 1.99. The molecule has 0 fully saturated rings. The maximum Gasteiger partial charge on any atom is 0.122 e. The summed E-state index contributed by atoms with van der Waals surface area (Å²) in [6.45, 7) is 15.9. The smallest absolute Gasteiger partial charge is 0.122 e. The zero-order valence-corrected chi connectivity index (χ0v) is 11.8. The lowest BCUT2D eigenvalue weighted by Crippen LogP contribution is -1.88. The lowest BCUT2D eigenvalue weighted by Gasteiger charge is -2.06. The van der Waals surface area contributed by atoms with Crippen LogP contribution in [-0.4, -0.2) is 7.11 Å². The van der Waals surface area contributed by atoms with Crippen LogP contribution in [0.3, 0.4) is 0 Å². The van der Waals surface area contributed by atoms with Crippen molar-refractivity contribution in [2.45, 2.75) is 41.5 Å². The molecule has 1 heteroatoms. The van der Waals surface area contributed by atoms with Crippen LogP contribution in [0.1, 0.15) is 45.7 Å². The van der Waals surface area contributed by atoms with Gasteiger partial charge in [-0.05, 0) is 31.0 Å². The Bertz CT molecular complexity index is 300. The third kappa shape index (κ3) is 5.59. The molecule has 1 aromatic rings. The van der Waals surface area contributed by atoms with Gasteiger partial charge in [-0.15, -0.1) is 0 Å². The van der Waals surface area contributed by atoms with Gasteiger partial charge in [-0.25, -0.2) is 0 Å². The lowest BCUT2D eigenvalue weighted by atomic mass is 10.1. The molecule has 0 saturated heterocycles. The minimum absolute atomic E-state index is 0.926. The van der Waals surface area contributed by atoms with E-state index in [-0.39, 0.29) is 0 Å². The van der Waals surface area contributed by atoms with Gasteiger partial charge in [0.15, 0.2) is 0 Å². The van der Waals surface area contributed by atoms with Gasteiger partial charge in [0.2, 0.25) is 0 Å². The number of methoxy groups -OCH3 is 1. The summed E-state index contributed by atoms with van der Waals surface area (Å²) in [5.41, 5.74) is 3.35. The fraction of sp³-hybridized carbons (Fsp3) is 0.467. The van der Waals surface area contributed by atoms with Crippen molar-refractivity contribution in [2.75, 3.05) is 7.11 Å². The molecule has 0 radical (unpaired) electrons. The third-order valence-corrected chi connectivity index (χ3v) is 1.90. The topological polar surface area (TPSA) is 9.23 Å². The first-order valence-corrected chi connectivity index (χ1v) is 5.95. The summed E-state index contributed by atoms with van der Waals surface area (Å²) >= 11 is 0. The van der Waals surface area contributed by atoms with Gasteiger partial charge in [-0.3, -0.25) is 0 Å². The van der Waals surface area contributed by atoms with Crippen molar-refractivity contribution in [2.24, 2.45) is 0 Å². The molecule has 0 spiro atoms. The summed E-state index contributed by atoms with van der Waals surface area (Å²) < 4.78 is 5.19. The molecular weight excluding hydrogens is 196 g/mol. The third-order valence-electron chi connectivity index (χ3n) is 1.90. The minimum atomic E-state index is 0.926. The molecule has 0 aliphatic heterocycles. The van der Waals surface area contributed by atoms with Crippen molar-refractivity contribution in [3.05, 3.63) is 35.9 Å². The van der Waals surface area contributed by atoms with Crippen LogP contribution in [0.2, 0.25) is 0 Å². The largest absolute Gasteiger partial charge is 0.496 e. The Morgan fingerprint density at radius 1 is 1.12 bits per heavy atom. The van der Waals surface area contributed by atoms with Crippen LogP contribution < -0.4 is 4.74 Å². The van der Waals surface area contributed by atoms with Gasteiger partial charge in [0.05, 0.1) is 7.11 Å². The van der Waals surface area contributed by atoms with Gasteiger partial charge < -0.3 is 4.74 Å². The first-order valence-electron chi connectivity index (χ1n) is 5.95. The number of allylic oxidation sites excluding steroid dienone is 1. The molecule has 0 aliphatic rings. The molecule has 16 heavy (non-hydrogen) atoms. The molecule has 92 valence electrons. The molecule has 0 unspecified atom stereocenters. The molecule has 0 N–H and O–H groups in total. The molecule has 1 nitrogen and oxygen atoms in total. The zero-order chi connectivity index (χ0) is 13.1. The average molecular weight is 222 g/mol. The van der Waals surface area contributed by atoms with Gasteiger partial charge in [0.25, 0.3) is 0 Å². The van der Waals surface area contributed by atoms with E-state index in [0.717, 1.165) is 22.4 Å². The highest BCUT2D eigenvalue weighted by Crippen LogP contribution is 2.22. The van der Waals surface area contributed by atoms with Crippen molar-refractivity contribution >= 4 is 5.57 Å². The summed E-state index contributed by atoms with van der Waals surface area (Å²) in [6, 6.07) is 6.11. The highest BCUT2D eigenvalue weighted by molar-refractivity contribution is 5.63. The van der Waals surface area contributed by atoms with E-state index < -0.39 is 0 Å². The number of hydrogen-bond acceptors (Lipinski definition) is 1. The van der Waals surface area contributed by atoms with Gasteiger partial charge in [0, 0.05) is 0 Å². The maximum absolute atomic E-state index is 5.19. The van der Waals surface area contributed by atoms with Gasteiger partial charge in [0.1, 0.15) is 5.75 Å². The van der Waals surface area contributed by atoms with Crippen LogP contribution in [0, 0.1) is 6.92 Å². The Morgan fingerprint density at radius 2 is 1.62 bits per heavy atom. The molecule has 0 aromatic heterocycles. The molecule has 1 rings (SSSR count). The predicted octanol–water partition coefficient (Wildman–Crippen LogP) is 5.09. The fourth-order valence-corrected chi connectivity index (χ4v) is 1.09. The lowest BCUT2D eigenvalue weighted by molar-refractivity contribution is 0.411. The van der Waals surface area contributed by atoms with Crippen molar-refractivity contribution in [1.29, 1.82) is 0 Å². The van der Waals surface area contributed by atoms with Crippen LogP contribution in [0.5, 0.6) is 5.75 Å². The number of ether oxygens (including phenoxy) is 1. The second-order valence-corrected chi connectivity index (χ2v) is 2.96. The number of rotatable bonds is 2. The molecule has 0 atom stereocenters. The summed E-state index contributed by atoms with van der Waals surface area (Å²) in [5.74, 6) is 0.926. The fourth-order valence-electron chi connectivity index (χ4n) is 1.09. The Labute approximate surface area is 101 Å². The molecule has 0 bridgehead atoms. The average Bonchev–Trinajstić information content (AvgIpc) is 2.34. The molecule has 0 heterocycles. The monoisotopic (exact) mass is 222 g/mol. The normalized spacial score (nSPS) is 7.94. The Kier molecular flexibility index (Phi) is 11.0. The van der Waals surface area contributed by atoms with Crippen molar-refractivity contribution in [3.8, 4) is 5.75 Å². The summed E-state index contributed by atoms with van der Waals surface area (Å²) in [7, 11) is 1.69. The van der Waals surface area contributed by atoms with Gasteiger partial charge in [-0.1, -0.05) is 52.0 Å². The van der Waals surface area contributed by atoms with Crippen LogP contribution in [0.25, 0.3) is 5.57 Å². The van der Waals surface area contributed by atoms with Crippen LogP contribution in [0.4, 0.5) is 0 Å². The molecule has 1 aromatic carbocycles. The van der Waals surface area contributed by atoms with E-state index in [2.05, 4.69) is 12.6 Å². The number of benzene rings is 1. The standard InChI is InChI=1S/C11H14O.2C2H6/c1-8(2)10-6-5-9(3)11(7-10)12-4;2*1-2/h5-7H,1H2,2-4H3;2*1-2H3. The van der Waals surface area contributed by atoms with E-state index >= 15 is 0 Å². The van der Waals surface area contributed by atoms with E-state index in [0.29, 0.717) is 0 Å². The first-order chi connectivity index (χ1) is 7.65. The van der Waals surface area contributed by atoms with Crippen LogP contribution in [-0.2, 0) is 0 Å². The van der Waals surface area contributed by atoms with Crippen molar-refractivity contribution in [1.82, 2.24) is 0 Å². The quantitative estimate of drug-likeness (QED) is 0.677. The van der Waals surface area contributed by atoms with Gasteiger partial charge in [-0.2, -0.15) is 0 Å². The van der Waals surface area contributed by atoms with Crippen molar-refractivity contribution in [3.63, 3.8) is 0 Å². The molecule has 0 aliphatic carbocycles. The Morgan fingerprint density at radius 3 is 2.00 bits per heavy atom. The van der Waals surface area contributed by atoms with E-state index in [1.807, 2.05) is 53.7 Å². The predicted molar refractivity (Wildman–Crippen MR) is 75.1 cm³/mol. The maximum atomic E-state index is 5.19. The van der Waals surface area contributed by atoms with E-state index in [1.165, 1.54) is 0 Å². The number of hydrogen-bond donors (Lipinski definition) is 0. The Hall–Kier alpha value is -1.24. The van der Waals surface area contributed by atoms with E-state index in [9.17, 15) is 0 Å². The minimum Gasteiger partial charge on any atom is -0.496 e. The van der Waals surface area contributed by atoms with Crippen LogP contribution >= 0.6 is 0 Å². The van der Waals surface area contributed by atoms with Crippen LogP contribution in [0.15, 0.2) is 24.8 Å². The molecule has 0 amide bonds. The summed E-state index contributed by atoms with van der Waals surface area (Å²) in [5, 5.41) is 0. The summed E-state index contributed by atoms with van der Waals surface area (Å²) in [6.07, 6.45) is 0. The molecular formula is C15H26O. The summed E-state index contributed by atoms with van der Waals surface area (Å²) in [4.78, 5) is 0. The van der Waals surface area contributed by atoms with E-state index in [1.54, 1.807) is 7.11 Å². The van der Waals surface area contributed by atoms with Crippen molar-refractivity contribution < 1.29 is 4.74 Å². The highest BCUT2D eigenvalue weighted by atomic mass is 16.5. The number of aryl methyl sites for hydroxylation is 1. The van der Waals surface area contributed by atoms with Gasteiger partial charge >= 0.3 is 0 Å². The SMILES string of the molecule is C=C(C)c1ccc(C)c(OC)c1.CC.CC. The van der Waals surface area contributed by atoms with E-state index in [4.69, 9.17) is 4.74 Å². The Balaban J connectivity index is 0. The second kappa shape index (κ2) is 10.3. The molecule has 0 saturated carbocycles. The zero-order valence-electron chi connectivity index (χ0n) is 11.8. The second-order valence-electron chi connectivity index (χ2n) is 2.96. The first kappa shape index (κ1) is 17.2.